The second-order valence-corrected chi connectivity index (χ2v) is 12.3. The molecule has 0 atom stereocenters. The number of hydrogen-bond acceptors (Lipinski definition) is 0. The summed E-state index contributed by atoms with van der Waals surface area (Å²) >= 11 is 0. The average Bonchev–Trinajstić information content (AvgIpc) is 3.31. The zero-order valence-corrected chi connectivity index (χ0v) is 26.8. The summed E-state index contributed by atoms with van der Waals surface area (Å²) in [6, 6.07) is 0. The molecule has 2 nitrogen and oxygen atoms in total. The fraction of sp³-hybridized carbons (Fsp3) is 0.917. The molecule has 0 amide bonds. The van der Waals surface area contributed by atoms with E-state index >= 15 is 0 Å². The molecule has 1 aromatic rings. The van der Waals surface area contributed by atoms with E-state index in [1.807, 2.05) is 0 Å². The van der Waals surface area contributed by atoms with Gasteiger partial charge in [0.1, 0.15) is 12.4 Å². The first kappa shape index (κ1) is 35.2. The molecule has 0 N–H and O–H groups in total. The van der Waals surface area contributed by atoms with Crippen LogP contribution in [0.15, 0.2) is 12.4 Å². The SMILES string of the molecule is CCCCCCCCCCCCCCCCn1cc[n+](CCCCCCCCC)c1CCCCCCCC. The van der Waals surface area contributed by atoms with E-state index in [9.17, 15) is 0 Å². The number of imidazole rings is 1. The lowest BCUT2D eigenvalue weighted by molar-refractivity contribution is -0.704. The zero-order chi connectivity index (χ0) is 27.4. The van der Waals surface area contributed by atoms with Gasteiger partial charge < -0.3 is 0 Å². The number of nitrogens with zero attached hydrogens (tertiary/aromatic N) is 2. The van der Waals surface area contributed by atoms with Crippen LogP contribution < -0.4 is 4.57 Å². The van der Waals surface area contributed by atoms with E-state index in [0.717, 1.165) is 0 Å². The van der Waals surface area contributed by atoms with E-state index in [1.54, 1.807) is 5.82 Å². The summed E-state index contributed by atoms with van der Waals surface area (Å²) < 4.78 is 5.23. The summed E-state index contributed by atoms with van der Waals surface area (Å²) in [6.07, 6.45) is 44.4. The fourth-order valence-electron chi connectivity index (χ4n) is 5.97. The molecule has 2 heteroatoms. The van der Waals surface area contributed by atoms with Crippen LogP contribution in [0.25, 0.3) is 0 Å². The van der Waals surface area contributed by atoms with Crippen LogP contribution in [0.2, 0.25) is 0 Å². The first-order chi connectivity index (χ1) is 18.8. The van der Waals surface area contributed by atoms with Crippen molar-refractivity contribution < 1.29 is 4.57 Å². The molecule has 38 heavy (non-hydrogen) atoms. The summed E-state index contributed by atoms with van der Waals surface area (Å²) in [5, 5.41) is 0. The van der Waals surface area contributed by atoms with E-state index in [1.165, 1.54) is 193 Å². The second kappa shape index (κ2) is 27.8. The predicted octanol–water partition coefficient (Wildman–Crippen LogP) is 11.9. The van der Waals surface area contributed by atoms with Gasteiger partial charge in [-0.1, -0.05) is 162 Å². The Balaban J connectivity index is 2.24. The summed E-state index contributed by atoms with van der Waals surface area (Å²) in [4.78, 5) is 0. The van der Waals surface area contributed by atoms with E-state index in [2.05, 4.69) is 42.3 Å². The molecule has 0 saturated heterocycles. The van der Waals surface area contributed by atoms with Crippen LogP contribution in [0.4, 0.5) is 0 Å². The van der Waals surface area contributed by atoms with Crippen molar-refractivity contribution in [3.8, 4) is 0 Å². The third-order valence-electron chi connectivity index (χ3n) is 8.60. The fourth-order valence-corrected chi connectivity index (χ4v) is 5.97. The summed E-state index contributed by atoms with van der Waals surface area (Å²) in [6.45, 7) is 9.39. The van der Waals surface area contributed by atoms with Gasteiger partial charge in [-0.3, -0.25) is 0 Å². The minimum absolute atomic E-state index is 1.23. The Labute approximate surface area is 240 Å². The van der Waals surface area contributed by atoms with Gasteiger partial charge in [0.05, 0.1) is 13.1 Å². The van der Waals surface area contributed by atoms with Crippen molar-refractivity contribution in [3.63, 3.8) is 0 Å². The van der Waals surface area contributed by atoms with E-state index in [0.29, 0.717) is 0 Å². The first-order valence-corrected chi connectivity index (χ1v) is 17.9. The molecule has 0 aromatic carbocycles. The summed E-state index contributed by atoms with van der Waals surface area (Å²) in [5.41, 5.74) is 0. The Morgan fingerprint density at radius 2 is 0.816 bits per heavy atom. The van der Waals surface area contributed by atoms with Gasteiger partial charge in [0, 0.05) is 6.42 Å². The third-order valence-corrected chi connectivity index (χ3v) is 8.60. The van der Waals surface area contributed by atoms with Gasteiger partial charge in [-0.25, -0.2) is 9.13 Å². The Bertz CT molecular complexity index is 590. The normalized spacial score (nSPS) is 11.6. The Kier molecular flexibility index (Phi) is 25.7. The molecule has 0 spiro atoms. The smallest absolute Gasteiger partial charge is 0.234 e. The molecular weight excluding hydrogens is 460 g/mol. The molecular formula is C36H71N2+. The lowest BCUT2D eigenvalue weighted by Crippen LogP contribution is -2.37. The largest absolute Gasteiger partial charge is 0.256 e. The second-order valence-electron chi connectivity index (χ2n) is 12.3. The maximum absolute atomic E-state index is 2.62. The zero-order valence-electron chi connectivity index (χ0n) is 26.8. The van der Waals surface area contributed by atoms with Crippen LogP contribution in [0.5, 0.6) is 0 Å². The Morgan fingerprint density at radius 1 is 0.447 bits per heavy atom. The van der Waals surface area contributed by atoms with Crippen molar-refractivity contribution in [3.05, 3.63) is 18.2 Å². The van der Waals surface area contributed by atoms with Crippen LogP contribution in [-0.4, -0.2) is 4.57 Å². The van der Waals surface area contributed by atoms with E-state index < -0.39 is 0 Å². The number of aromatic nitrogens is 2. The lowest BCUT2D eigenvalue weighted by Gasteiger charge is -2.07. The minimum Gasteiger partial charge on any atom is -0.234 e. The van der Waals surface area contributed by atoms with Crippen molar-refractivity contribution in [2.45, 2.75) is 214 Å². The molecule has 0 aliphatic heterocycles. The Hall–Kier alpha value is -0.790. The first-order valence-electron chi connectivity index (χ1n) is 17.9. The molecule has 0 aliphatic rings. The maximum atomic E-state index is 2.62. The van der Waals surface area contributed by atoms with Gasteiger partial charge in [0.2, 0.25) is 0 Å². The van der Waals surface area contributed by atoms with Crippen LogP contribution in [-0.2, 0) is 19.5 Å². The number of unbranched alkanes of at least 4 members (excludes halogenated alkanes) is 24. The third kappa shape index (κ3) is 20.2. The molecule has 0 fully saturated rings. The van der Waals surface area contributed by atoms with Crippen LogP contribution in [0.3, 0.4) is 0 Å². The van der Waals surface area contributed by atoms with Gasteiger partial charge in [-0.15, -0.1) is 0 Å². The molecule has 0 bridgehead atoms. The lowest BCUT2D eigenvalue weighted by atomic mass is 10.0. The molecule has 0 aliphatic carbocycles. The molecule has 0 radical (unpaired) electrons. The quantitative estimate of drug-likeness (QED) is 0.0689. The monoisotopic (exact) mass is 532 g/mol. The molecule has 1 heterocycles. The topological polar surface area (TPSA) is 8.81 Å². The molecule has 224 valence electrons. The van der Waals surface area contributed by atoms with Gasteiger partial charge in [0.25, 0.3) is 5.82 Å². The van der Waals surface area contributed by atoms with Crippen LogP contribution in [0.1, 0.15) is 200 Å². The minimum atomic E-state index is 1.23. The summed E-state index contributed by atoms with van der Waals surface area (Å²) in [5.74, 6) is 1.61. The van der Waals surface area contributed by atoms with Crippen LogP contribution in [0, 0.1) is 0 Å². The molecule has 0 unspecified atom stereocenters. The van der Waals surface area contributed by atoms with Crippen molar-refractivity contribution in [2.24, 2.45) is 0 Å². The van der Waals surface area contributed by atoms with Crippen molar-refractivity contribution in [1.29, 1.82) is 0 Å². The highest BCUT2D eigenvalue weighted by molar-refractivity contribution is 4.84. The highest BCUT2D eigenvalue weighted by atomic mass is 15.1. The summed E-state index contributed by atoms with van der Waals surface area (Å²) in [7, 11) is 0. The van der Waals surface area contributed by atoms with Crippen molar-refractivity contribution in [1.82, 2.24) is 4.57 Å². The Morgan fingerprint density at radius 3 is 1.26 bits per heavy atom. The number of aryl methyl sites for hydroxylation is 2. The van der Waals surface area contributed by atoms with Gasteiger partial charge in [-0.2, -0.15) is 0 Å². The van der Waals surface area contributed by atoms with Gasteiger partial charge in [0.15, 0.2) is 0 Å². The van der Waals surface area contributed by atoms with Gasteiger partial charge >= 0.3 is 0 Å². The average molecular weight is 532 g/mol. The highest BCUT2D eigenvalue weighted by Gasteiger charge is 2.16. The predicted molar refractivity (Wildman–Crippen MR) is 170 cm³/mol. The standard InChI is InChI=1S/C36H71N2/c1-4-7-10-13-16-17-18-19-20-21-22-24-27-30-33-38-35-34-37(32-29-26-23-14-11-8-5-2)36(38)31-28-25-15-12-9-6-3/h34-35H,4-33H2,1-3H3/q+1. The number of hydrogen-bond donors (Lipinski definition) is 0. The molecule has 1 aromatic heterocycles. The maximum Gasteiger partial charge on any atom is 0.256 e. The van der Waals surface area contributed by atoms with Crippen molar-refractivity contribution >= 4 is 0 Å². The van der Waals surface area contributed by atoms with E-state index in [4.69, 9.17) is 0 Å². The number of rotatable bonds is 30. The van der Waals surface area contributed by atoms with Crippen LogP contribution >= 0.6 is 0 Å². The van der Waals surface area contributed by atoms with E-state index in [-0.39, 0.29) is 0 Å². The molecule has 0 saturated carbocycles. The molecule has 1 rings (SSSR count). The van der Waals surface area contributed by atoms with Gasteiger partial charge in [-0.05, 0) is 32.1 Å². The highest BCUT2D eigenvalue weighted by Crippen LogP contribution is 2.14. The van der Waals surface area contributed by atoms with Crippen molar-refractivity contribution in [2.75, 3.05) is 0 Å².